The normalized spacial score (nSPS) is 24.0. The van der Waals surface area contributed by atoms with Gasteiger partial charge in [-0.1, -0.05) is 15.9 Å². The molecule has 2 aliphatic rings. The van der Waals surface area contributed by atoms with Crippen molar-refractivity contribution in [3.8, 4) is 5.75 Å². The average Bonchev–Trinajstić information content (AvgIpc) is 2.94. The summed E-state index contributed by atoms with van der Waals surface area (Å²) in [5.74, 6) is 1.26. The van der Waals surface area contributed by atoms with Gasteiger partial charge >= 0.3 is 0 Å². The summed E-state index contributed by atoms with van der Waals surface area (Å²) in [6.45, 7) is 2.98. The predicted molar refractivity (Wildman–Crippen MR) is 94.0 cm³/mol. The number of piperazine rings is 1. The number of amides is 1. The highest BCUT2D eigenvalue weighted by molar-refractivity contribution is 9.10. The SMILES string of the molecule is O=C(COc1ccc(Br)cc1)N1CC[NH+]([C@@H]2CCS(=O)(=O)C2)CC1. The lowest BCUT2D eigenvalue weighted by molar-refractivity contribution is -0.925. The van der Waals surface area contributed by atoms with Crippen LogP contribution in [0.5, 0.6) is 5.75 Å². The molecule has 24 heavy (non-hydrogen) atoms. The first kappa shape index (κ1) is 17.7. The molecule has 0 aliphatic carbocycles. The molecule has 3 rings (SSSR count). The van der Waals surface area contributed by atoms with E-state index in [0.717, 1.165) is 24.0 Å². The van der Waals surface area contributed by atoms with Crippen LogP contribution in [0.2, 0.25) is 0 Å². The molecule has 1 atom stereocenters. The summed E-state index contributed by atoms with van der Waals surface area (Å²) in [7, 11) is -2.84. The minimum Gasteiger partial charge on any atom is -0.484 e. The highest BCUT2D eigenvalue weighted by Crippen LogP contribution is 2.16. The number of halogens is 1. The van der Waals surface area contributed by atoms with Crippen molar-refractivity contribution >= 4 is 31.7 Å². The fourth-order valence-corrected chi connectivity index (χ4v) is 5.43. The van der Waals surface area contributed by atoms with Gasteiger partial charge in [-0.2, -0.15) is 0 Å². The number of carbonyl (C=O) groups excluding carboxylic acids is 1. The molecule has 1 amide bonds. The molecule has 0 radical (unpaired) electrons. The smallest absolute Gasteiger partial charge is 0.260 e. The van der Waals surface area contributed by atoms with Gasteiger partial charge in [0, 0.05) is 10.9 Å². The van der Waals surface area contributed by atoms with Crippen LogP contribution in [0, 0.1) is 0 Å². The summed E-state index contributed by atoms with van der Waals surface area (Å²) >= 11 is 3.36. The van der Waals surface area contributed by atoms with E-state index in [9.17, 15) is 13.2 Å². The number of nitrogens with zero attached hydrogens (tertiary/aromatic N) is 1. The quantitative estimate of drug-likeness (QED) is 0.732. The molecule has 0 bridgehead atoms. The molecule has 1 N–H and O–H groups in total. The van der Waals surface area contributed by atoms with Gasteiger partial charge in [0.25, 0.3) is 5.91 Å². The topological polar surface area (TPSA) is 68.1 Å². The Morgan fingerprint density at radius 3 is 2.50 bits per heavy atom. The summed E-state index contributed by atoms with van der Waals surface area (Å²) in [6.07, 6.45) is 0.748. The lowest BCUT2D eigenvalue weighted by Gasteiger charge is -2.34. The van der Waals surface area contributed by atoms with Crippen molar-refractivity contribution in [1.29, 1.82) is 0 Å². The van der Waals surface area contributed by atoms with Crippen molar-refractivity contribution in [2.75, 3.05) is 44.3 Å². The Morgan fingerprint density at radius 2 is 1.92 bits per heavy atom. The lowest BCUT2D eigenvalue weighted by atomic mass is 10.2. The summed E-state index contributed by atoms with van der Waals surface area (Å²) in [6, 6.07) is 7.58. The Morgan fingerprint density at radius 1 is 1.25 bits per heavy atom. The zero-order valence-corrected chi connectivity index (χ0v) is 15.8. The van der Waals surface area contributed by atoms with Crippen LogP contribution in [0.3, 0.4) is 0 Å². The van der Waals surface area contributed by atoms with Crippen LogP contribution in [0.1, 0.15) is 6.42 Å². The minimum absolute atomic E-state index is 0.0176. The molecule has 2 heterocycles. The monoisotopic (exact) mass is 417 g/mol. The van der Waals surface area contributed by atoms with E-state index in [-0.39, 0.29) is 18.6 Å². The first-order chi connectivity index (χ1) is 11.4. The Balaban J connectivity index is 1.44. The molecule has 6 nitrogen and oxygen atoms in total. The number of carbonyl (C=O) groups is 1. The first-order valence-electron chi connectivity index (χ1n) is 8.14. The number of nitrogens with one attached hydrogen (secondary N) is 1. The van der Waals surface area contributed by atoms with Gasteiger partial charge in [-0.3, -0.25) is 4.79 Å². The van der Waals surface area contributed by atoms with Gasteiger partial charge in [-0.15, -0.1) is 0 Å². The second-order valence-corrected chi connectivity index (χ2v) is 9.53. The van der Waals surface area contributed by atoms with E-state index in [2.05, 4.69) is 15.9 Å². The van der Waals surface area contributed by atoms with E-state index in [1.807, 2.05) is 29.2 Å². The van der Waals surface area contributed by atoms with E-state index in [1.165, 1.54) is 4.90 Å². The van der Waals surface area contributed by atoms with Crippen molar-refractivity contribution in [2.45, 2.75) is 12.5 Å². The van der Waals surface area contributed by atoms with Crippen LogP contribution < -0.4 is 9.64 Å². The van der Waals surface area contributed by atoms with E-state index < -0.39 is 9.84 Å². The zero-order chi connectivity index (χ0) is 17.2. The van der Waals surface area contributed by atoms with Crippen LogP contribution in [0.25, 0.3) is 0 Å². The van der Waals surface area contributed by atoms with Gasteiger partial charge in [0.15, 0.2) is 16.4 Å². The fourth-order valence-electron chi connectivity index (χ4n) is 3.34. The average molecular weight is 418 g/mol. The maximum absolute atomic E-state index is 12.3. The number of quaternary nitrogens is 1. The van der Waals surface area contributed by atoms with E-state index >= 15 is 0 Å². The summed E-state index contributed by atoms with van der Waals surface area (Å²) in [5, 5.41) is 0. The molecule has 132 valence electrons. The zero-order valence-electron chi connectivity index (χ0n) is 13.4. The standard InChI is InChI=1S/C16H21BrN2O4S/c17-13-1-3-15(4-2-13)23-11-16(20)19-8-6-18(7-9-19)14-5-10-24(21,22)12-14/h1-4,14H,5-12H2/p+1/t14-/m1/s1. The van der Waals surface area contributed by atoms with Gasteiger partial charge in [-0.05, 0) is 24.3 Å². The Bertz CT molecular complexity index is 685. The van der Waals surface area contributed by atoms with Crippen molar-refractivity contribution in [3.05, 3.63) is 28.7 Å². The van der Waals surface area contributed by atoms with Crippen LogP contribution in [0.4, 0.5) is 0 Å². The summed E-state index contributed by atoms with van der Waals surface area (Å²) < 4.78 is 29.7. The molecule has 2 saturated heterocycles. The molecule has 0 spiro atoms. The number of ether oxygens (including phenoxy) is 1. The lowest BCUT2D eigenvalue weighted by Crippen LogP contribution is -3.18. The number of hydrogen-bond donors (Lipinski definition) is 1. The number of hydrogen-bond acceptors (Lipinski definition) is 4. The number of benzene rings is 1. The highest BCUT2D eigenvalue weighted by Gasteiger charge is 2.37. The summed E-state index contributed by atoms with van der Waals surface area (Å²) in [4.78, 5) is 15.4. The molecule has 0 aromatic heterocycles. The Kier molecular flexibility index (Phi) is 5.46. The molecule has 1 aromatic rings. The largest absolute Gasteiger partial charge is 0.484 e. The van der Waals surface area contributed by atoms with Gasteiger partial charge < -0.3 is 14.5 Å². The van der Waals surface area contributed by atoms with E-state index in [4.69, 9.17) is 4.74 Å². The highest BCUT2D eigenvalue weighted by atomic mass is 79.9. The maximum Gasteiger partial charge on any atom is 0.260 e. The Hall–Kier alpha value is -1.12. The molecule has 2 fully saturated rings. The number of rotatable bonds is 4. The van der Waals surface area contributed by atoms with Gasteiger partial charge in [0.1, 0.15) is 17.5 Å². The van der Waals surface area contributed by atoms with Crippen molar-refractivity contribution in [2.24, 2.45) is 0 Å². The summed E-state index contributed by atoms with van der Waals surface area (Å²) in [5.41, 5.74) is 0. The van der Waals surface area contributed by atoms with Gasteiger partial charge in [0.2, 0.25) is 0 Å². The van der Waals surface area contributed by atoms with Crippen LogP contribution in [0.15, 0.2) is 28.7 Å². The third kappa shape index (κ3) is 4.49. The molecule has 2 aliphatic heterocycles. The molecule has 1 aromatic carbocycles. The molecular weight excluding hydrogens is 396 g/mol. The third-order valence-corrected chi connectivity index (χ3v) is 7.04. The van der Waals surface area contributed by atoms with Crippen molar-refractivity contribution in [3.63, 3.8) is 0 Å². The fraction of sp³-hybridized carbons (Fsp3) is 0.562. The van der Waals surface area contributed by atoms with Gasteiger partial charge in [0.05, 0.1) is 31.9 Å². The van der Waals surface area contributed by atoms with Crippen LogP contribution in [-0.2, 0) is 14.6 Å². The molecular formula is C16H22BrN2O4S+. The maximum atomic E-state index is 12.3. The van der Waals surface area contributed by atoms with Crippen molar-refractivity contribution < 1.29 is 22.8 Å². The molecule has 8 heteroatoms. The minimum atomic E-state index is -2.84. The molecule has 0 saturated carbocycles. The molecule has 0 unspecified atom stereocenters. The van der Waals surface area contributed by atoms with Crippen LogP contribution in [-0.4, -0.2) is 69.6 Å². The second-order valence-electron chi connectivity index (χ2n) is 6.38. The van der Waals surface area contributed by atoms with Crippen LogP contribution >= 0.6 is 15.9 Å². The van der Waals surface area contributed by atoms with E-state index in [1.54, 1.807) is 0 Å². The Labute approximate surface area is 150 Å². The predicted octanol–water partition coefficient (Wildman–Crippen LogP) is -0.258. The first-order valence-corrected chi connectivity index (χ1v) is 10.8. The van der Waals surface area contributed by atoms with Gasteiger partial charge in [-0.25, -0.2) is 8.42 Å². The van der Waals surface area contributed by atoms with E-state index in [0.29, 0.717) is 30.3 Å². The number of sulfone groups is 1. The van der Waals surface area contributed by atoms with Crippen molar-refractivity contribution in [1.82, 2.24) is 4.90 Å². The third-order valence-electron chi connectivity index (χ3n) is 4.74. The second kappa shape index (κ2) is 7.41.